The summed E-state index contributed by atoms with van der Waals surface area (Å²) in [7, 11) is 1.45. The molecule has 4 rings (SSSR count). The van der Waals surface area contributed by atoms with Crippen molar-refractivity contribution in [2.24, 2.45) is 0 Å². The summed E-state index contributed by atoms with van der Waals surface area (Å²) in [6.45, 7) is 2.04. The monoisotopic (exact) mass is 416 g/mol. The molecule has 0 bridgehead atoms. The third-order valence-corrected chi connectivity index (χ3v) is 6.26. The molecule has 0 amide bonds. The molecule has 0 aliphatic heterocycles. The van der Waals surface area contributed by atoms with Crippen molar-refractivity contribution in [3.8, 4) is 38.3 Å². The molecule has 0 fully saturated rings. The summed E-state index contributed by atoms with van der Waals surface area (Å²) in [6.07, 6.45) is 0. The van der Waals surface area contributed by atoms with E-state index < -0.39 is 5.82 Å². The fourth-order valence-electron chi connectivity index (χ4n) is 2.69. The topological polar surface area (TPSA) is 35.0 Å². The molecule has 3 nitrogen and oxygen atoms in total. The highest BCUT2D eigenvalue weighted by Gasteiger charge is 2.15. The number of hydrogen-bond donors (Lipinski definition) is 0. The SMILES string of the molecule is COc1ccc(-c2csc(-c3nc(-c4ccc(Cl)cc4)c(C)s3)n2)cc1F. The minimum absolute atomic E-state index is 0.220. The Bertz CT molecular complexity index is 1110. The second-order valence-corrected chi connectivity index (χ2v) is 8.32. The van der Waals surface area contributed by atoms with Crippen LogP contribution < -0.4 is 4.74 Å². The van der Waals surface area contributed by atoms with E-state index in [-0.39, 0.29) is 5.75 Å². The van der Waals surface area contributed by atoms with Crippen molar-refractivity contribution in [2.45, 2.75) is 6.92 Å². The molecule has 2 aromatic carbocycles. The highest BCUT2D eigenvalue weighted by atomic mass is 35.5. The van der Waals surface area contributed by atoms with Crippen LogP contribution in [-0.2, 0) is 0 Å². The smallest absolute Gasteiger partial charge is 0.165 e. The largest absolute Gasteiger partial charge is 0.494 e. The summed E-state index contributed by atoms with van der Waals surface area (Å²) in [5.41, 5.74) is 3.38. The normalized spacial score (nSPS) is 11.0. The molecular weight excluding hydrogens is 403 g/mol. The van der Waals surface area contributed by atoms with Gasteiger partial charge < -0.3 is 4.74 Å². The number of hydrogen-bond acceptors (Lipinski definition) is 5. The molecule has 27 heavy (non-hydrogen) atoms. The van der Waals surface area contributed by atoms with Crippen LogP contribution in [0.5, 0.6) is 5.75 Å². The molecule has 0 saturated carbocycles. The molecule has 2 heterocycles. The molecule has 7 heteroatoms. The zero-order chi connectivity index (χ0) is 19.0. The first-order chi connectivity index (χ1) is 13.0. The zero-order valence-corrected chi connectivity index (χ0v) is 16.9. The summed E-state index contributed by atoms with van der Waals surface area (Å²) in [5.74, 6) is -0.183. The molecule has 0 unspecified atom stereocenters. The van der Waals surface area contributed by atoms with Crippen molar-refractivity contribution in [3.63, 3.8) is 0 Å². The highest BCUT2D eigenvalue weighted by Crippen LogP contribution is 2.36. The first-order valence-electron chi connectivity index (χ1n) is 8.08. The molecule has 0 aliphatic rings. The van der Waals surface area contributed by atoms with Gasteiger partial charge in [-0.1, -0.05) is 23.7 Å². The average Bonchev–Trinajstić information content (AvgIpc) is 3.29. The van der Waals surface area contributed by atoms with Crippen molar-refractivity contribution in [1.29, 1.82) is 0 Å². The Balaban J connectivity index is 1.67. The Kier molecular flexibility index (Phi) is 4.95. The number of ether oxygens (including phenoxy) is 1. The van der Waals surface area contributed by atoms with Crippen LogP contribution in [0.2, 0.25) is 5.02 Å². The fourth-order valence-corrected chi connectivity index (χ4v) is 4.62. The van der Waals surface area contributed by atoms with Gasteiger partial charge in [0.2, 0.25) is 0 Å². The van der Waals surface area contributed by atoms with E-state index in [0.29, 0.717) is 10.6 Å². The van der Waals surface area contributed by atoms with Crippen molar-refractivity contribution < 1.29 is 9.13 Å². The van der Waals surface area contributed by atoms with Gasteiger partial charge in [-0.05, 0) is 37.3 Å². The lowest BCUT2D eigenvalue weighted by molar-refractivity contribution is 0.386. The number of methoxy groups -OCH3 is 1. The van der Waals surface area contributed by atoms with Gasteiger partial charge in [0.25, 0.3) is 0 Å². The van der Waals surface area contributed by atoms with Crippen LogP contribution in [0.3, 0.4) is 0 Å². The van der Waals surface area contributed by atoms with Crippen molar-refractivity contribution in [1.82, 2.24) is 9.97 Å². The van der Waals surface area contributed by atoms with Gasteiger partial charge in [0, 0.05) is 26.4 Å². The van der Waals surface area contributed by atoms with Crippen LogP contribution in [0.4, 0.5) is 4.39 Å². The lowest BCUT2D eigenvalue weighted by atomic mass is 10.1. The average molecular weight is 417 g/mol. The number of aromatic nitrogens is 2. The van der Waals surface area contributed by atoms with E-state index in [1.165, 1.54) is 24.5 Å². The molecule has 0 aliphatic carbocycles. The maximum Gasteiger partial charge on any atom is 0.165 e. The van der Waals surface area contributed by atoms with E-state index in [0.717, 1.165) is 31.8 Å². The molecule has 0 spiro atoms. The number of rotatable bonds is 4. The van der Waals surface area contributed by atoms with Crippen LogP contribution >= 0.6 is 34.3 Å². The Morgan fingerprint density at radius 3 is 2.44 bits per heavy atom. The molecule has 0 atom stereocenters. The van der Waals surface area contributed by atoms with Crippen molar-refractivity contribution in [3.05, 3.63) is 63.6 Å². The first-order valence-corrected chi connectivity index (χ1v) is 10.2. The van der Waals surface area contributed by atoms with E-state index in [1.807, 2.05) is 36.6 Å². The van der Waals surface area contributed by atoms with Gasteiger partial charge in [0.05, 0.1) is 18.5 Å². The Labute approximate surface area is 169 Å². The van der Waals surface area contributed by atoms with E-state index in [4.69, 9.17) is 21.3 Å². The lowest BCUT2D eigenvalue weighted by Gasteiger charge is -2.02. The van der Waals surface area contributed by atoms with E-state index in [9.17, 15) is 4.39 Å². The molecular formula is C20H14ClFN2OS2. The quantitative estimate of drug-likeness (QED) is 0.370. The van der Waals surface area contributed by atoms with Crippen LogP contribution in [0, 0.1) is 12.7 Å². The second-order valence-electron chi connectivity index (χ2n) is 5.82. The third-order valence-electron chi connectivity index (χ3n) is 4.05. The Hall–Kier alpha value is -2.28. The standard InChI is InChI=1S/C20H14ClFN2OS2/c1-11-18(12-3-6-14(21)7-4-12)24-20(27-11)19-23-16(10-26-19)13-5-8-17(25-2)15(22)9-13/h3-10H,1-2H3. The number of halogens is 2. The molecule has 2 aromatic heterocycles. The van der Waals surface area contributed by atoms with E-state index >= 15 is 0 Å². The molecule has 0 N–H and O–H groups in total. The van der Waals surface area contributed by atoms with Gasteiger partial charge in [-0.3, -0.25) is 0 Å². The highest BCUT2D eigenvalue weighted by molar-refractivity contribution is 7.21. The molecule has 136 valence electrons. The third kappa shape index (κ3) is 3.60. The molecule has 4 aromatic rings. The van der Waals surface area contributed by atoms with E-state index in [2.05, 4.69) is 4.98 Å². The molecule has 0 radical (unpaired) electrons. The first kappa shape index (κ1) is 18.1. The number of thiazole rings is 2. The van der Waals surface area contributed by atoms with Crippen LogP contribution in [0.25, 0.3) is 32.5 Å². The minimum atomic E-state index is -0.403. The zero-order valence-electron chi connectivity index (χ0n) is 14.5. The summed E-state index contributed by atoms with van der Waals surface area (Å²) in [4.78, 5) is 10.5. The van der Waals surface area contributed by atoms with Gasteiger partial charge in [0.15, 0.2) is 21.6 Å². The Morgan fingerprint density at radius 1 is 1.00 bits per heavy atom. The van der Waals surface area contributed by atoms with Gasteiger partial charge in [-0.2, -0.15) is 0 Å². The van der Waals surface area contributed by atoms with Crippen LogP contribution in [0.15, 0.2) is 47.8 Å². The second kappa shape index (κ2) is 7.38. The summed E-state index contributed by atoms with van der Waals surface area (Å²) in [6, 6.07) is 12.5. The number of nitrogens with zero attached hydrogens (tertiary/aromatic N) is 2. The number of aryl methyl sites for hydroxylation is 1. The predicted molar refractivity (Wildman–Crippen MR) is 110 cm³/mol. The summed E-state index contributed by atoms with van der Waals surface area (Å²) in [5, 5.41) is 4.27. The van der Waals surface area contributed by atoms with Gasteiger partial charge in [-0.25, -0.2) is 14.4 Å². The van der Waals surface area contributed by atoms with Gasteiger partial charge in [-0.15, -0.1) is 22.7 Å². The van der Waals surface area contributed by atoms with E-state index in [1.54, 1.807) is 23.5 Å². The van der Waals surface area contributed by atoms with Gasteiger partial charge in [0.1, 0.15) is 0 Å². The van der Waals surface area contributed by atoms with Crippen LogP contribution in [0.1, 0.15) is 4.88 Å². The maximum atomic E-state index is 14.0. The van der Waals surface area contributed by atoms with Crippen LogP contribution in [-0.4, -0.2) is 17.1 Å². The fraction of sp³-hybridized carbons (Fsp3) is 0.100. The summed E-state index contributed by atoms with van der Waals surface area (Å²) < 4.78 is 18.9. The summed E-state index contributed by atoms with van der Waals surface area (Å²) >= 11 is 9.06. The van der Waals surface area contributed by atoms with Crippen molar-refractivity contribution >= 4 is 34.3 Å². The van der Waals surface area contributed by atoms with Gasteiger partial charge >= 0.3 is 0 Å². The molecule has 0 saturated heterocycles. The predicted octanol–water partition coefficient (Wildman–Crippen LogP) is 6.71. The number of benzene rings is 2. The maximum absolute atomic E-state index is 14.0. The lowest BCUT2D eigenvalue weighted by Crippen LogP contribution is -1.88. The van der Waals surface area contributed by atoms with Crippen molar-refractivity contribution in [2.75, 3.05) is 7.11 Å². The minimum Gasteiger partial charge on any atom is -0.494 e. The Morgan fingerprint density at radius 2 is 1.74 bits per heavy atom.